The molecular formula is C14H19BrN2O. The van der Waals surface area contributed by atoms with Gasteiger partial charge in [-0.1, -0.05) is 28.1 Å². The first-order valence-corrected chi connectivity index (χ1v) is 7.12. The van der Waals surface area contributed by atoms with Crippen LogP contribution in [0.3, 0.4) is 0 Å². The van der Waals surface area contributed by atoms with E-state index in [1.807, 2.05) is 29.2 Å². The highest BCUT2D eigenvalue weighted by molar-refractivity contribution is 9.10. The molecule has 1 N–H and O–H groups in total. The van der Waals surface area contributed by atoms with Crippen LogP contribution in [0.25, 0.3) is 0 Å². The van der Waals surface area contributed by atoms with Crippen molar-refractivity contribution in [2.45, 2.75) is 32.4 Å². The van der Waals surface area contributed by atoms with Crippen LogP contribution in [0, 0.1) is 0 Å². The molecule has 4 heteroatoms. The van der Waals surface area contributed by atoms with Crippen LogP contribution in [0.2, 0.25) is 0 Å². The number of carbonyl (C=O) groups excluding carboxylic acids is 1. The Labute approximate surface area is 117 Å². The molecule has 0 radical (unpaired) electrons. The highest BCUT2D eigenvalue weighted by Crippen LogP contribution is 2.14. The monoisotopic (exact) mass is 310 g/mol. The maximum Gasteiger partial charge on any atom is 0.227 e. The van der Waals surface area contributed by atoms with Crippen molar-refractivity contribution in [3.63, 3.8) is 0 Å². The third kappa shape index (κ3) is 3.56. The molecule has 1 saturated heterocycles. The molecule has 1 aliphatic heterocycles. The lowest BCUT2D eigenvalue weighted by atomic mass is 10.1. The molecule has 0 unspecified atom stereocenters. The summed E-state index contributed by atoms with van der Waals surface area (Å²) >= 11 is 3.43. The number of hydrogen-bond donors (Lipinski definition) is 1. The molecule has 0 bridgehead atoms. The fourth-order valence-electron chi connectivity index (χ4n) is 2.46. The van der Waals surface area contributed by atoms with Crippen LogP contribution in [-0.2, 0) is 11.2 Å². The lowest BCUT2D eigenvalue weighted by Gasteiger charge is -2.36. The minimum absolute atomic E-state index is 0.216. The van der Waals surface area contributed by atoms with E-state index in [2.05, 4.69) is 35.1 Å². The first-order valence-electron chi connectivity index (χ1n) is 6.33. The van der Waals surface area contributed by atoms with Gasteiger partial charge in [0.1, 0.15) is 0 Å². The summed E-state index contributed by atoms with van der Waals surface area (Å²) in [5.74, 6) is 0.216. The fraction of sp³-hybridized carbons (Fsp3) is 0.500. The average Bonchev–Trinajstić information content (AvgIpc) is 2.27. The Balaban J connectivity index is 1.99. The van der Waals surface area contributed by atoms with Crippen LogP contribution in [0.1, 0.15) is 19.4 Å². The van der Waals surface area contributed by atoms with E-state index >= 15 is 0 Å². The maximum atomic E-state index is 12.3. The second-order valence-electron chi connectivity index (χ2n) is 5.07. The number of hydrogen-bond acceptors (Lipinski definition) is 2. The SMILES string of the molecule is C[C@H]1CN(C(=O)Cc2cccc(Br)c2)C[C@H](C)N1. The van der Waals surface area contributed by atoms with Gasteiger partial charge >= 0.3 is 0 Å². The number of carbonyl (C=O) groups is 1. The van der Waals surface area contributed by atoms with E-state index < -0.39 is 0 Å². The minimum atomic E-state index is 0.216. The van der Waals surface area contributed by atoms with Gasteiger partial charge in [-0.2, -0.15) is 0 Å². The first kappa shape index (κ1) is 13.6. The molecule has 0 saturated carbocycles. The maximum absolute atomic E-state index is 12.3. The number of halogens is 1. The highest BCUT2D eigenvalue weighted by Gasteiger charge is 2.24. The summed E-state index contributed by atoms with van der Waals surface area (Å²) < 4.78 is 1.02. The Kier molecular flexibility index (Phi) is 4.40. The van der Waals surface area contributed by atoms with Gasteiger partial charge in [0.2, 0.25) is 5.91 Å². The van der Waals surface area contributed by atoms with Crippen LogP contribution in [-0.4, -0.2) is 36.0 Å². The summed E-state index contributed by atoms with van der Waals surface area (Å²) in [7, 11) is 0. The van der Waals surface area contributed by atoms with E-state index in [1.165, 1.54) is 0 Å². The van der Waals surface area contributed by atoms with Crippen LogP contribution in [0.15, 0.2) is 28.7 Å². The van der Waals surface area contributed by atoms with Crippen molar-refractivity contribution < 1.29 is 4.79 Å². The molecule has 2 atom stereocenters. The summed E-state index contributed by atoms with van der Waals surface area (Å²) in [6, 6.07) is 8.70. The molecule has 0 aromatic heterocycles. The van der Waals surface area contributed by atoms with E-state index in [-0.39, 0.29) is 5.91 Å². The summed E-state index contributed by atoms with van der Waals surface area (Å²) in [6.07, 6.45) is 0.485. The van der Waals surface area contributed by atoms with Crippen molar-refractivity contribution in [3.8, 4) is 0 Å². The molecule has 0 spiro atoms. The molecule has 18 heavy (non-hydrogen) atoms. The number of nitrogens with zero attached hydrogens (tertiary/aromatic N) is 1. The number of nitrogens with one attached hydrogen (secondary N) is 1. The lowest BCUT2D eigenvalue weighted by Crippen LogP contribution is -2.56. The smallest absolute Gasteiger partial charge is 0.227 e. The normalized spacial score (nSPS) is 24.1. The summed E-state index contributed by atoms with van der Waals surface area (Å²) in [6.45, 7) is 5.85. The van der Waals surface area contributed by atoms with Crippen molar-refractivity contribution in [1.29, 1.82) is 0 Å². The molecule has 2 rings (SSSR count). The Morgan fingerprint density at radius 2 is 2.06 bits per heavy atom. The Morgan fingerprint density at radius 3 is 2.67 bits per heavy atom. The topological polar surface area (TPSA) is 32.3 Å². The second-order valence-corrected chi connectivity index (χ2v) is 5.99. The van der Waals surface area contributed by atoms with Crippen molar-refractivity contribution >= 4 is 21.8 Å². The molecule has 0 aliphatic carbocycles. The van der Waals surface area contributed by atoms with Crippen molar-refractivity contribution in [2.24, 2.45) is 0 Å². The van der Waals surface area contributed by atoms with Gasteiger partial charge in [-0.15, -0.1) is 0 Å². The van der Waals surface area contributed by atoms with Crippen LogP contribution in [0.5, 0.6) is 0 Å². The lowest BCUT2D eigenvalue weighted by molar-refractivity contribution is -0.132. The Bertz CT molecular complexity index is 426. The predicted octanol–water partition coefficient (Wildman–Crippen LogP) is 2.20. The third-order valence-corrected chi connectivity index (χ3v) is 3.65. The molecule has 1 heterocycles. The zero-order chi connectivity index (χ0) is 13.1. The Morgan fingerprint density at radius 1 is 1.39 bits per heavy atom. The fourth-order valence-corrected chi connectivity index (χ4v) is 2.91. The Hall–Kier alpha value is -0.870. The summed E-state index contributed by atoms with van der Waals surface area (Å²) in [4.78, 5) is 14.2. The van der Waals surface area contributed by atoms with E-state index in [4.69, 9.17) is 0 Å². The molecule has 98 valence electrons. The van der Waals surface area contributed by atoms with E-state index in [1.54, 1.807) is 0 Å². The standard InChI is InChI=1S/C14H19BrN2O/c1-10-8-17(9-11(2)16-10)14(18)7-12-4-3-5-13(15)6-12/h3-6,10-11,16H,7-9H2,1-2H3/t10-,11-/m0/s1. The first-order chi connectivity index (χ1) is 8.54. The van der Waals surface area contributed by atoms with Crippen molar-refractivity contribution in [3.05, 3.63) is 34.3 Å². The molecule has 1 amide bonds. The van der Waals surface area contributed by atoms with Crippen LogP contribution < -0.4 is 5.32 Å². The van der Waals surface area contributed by atoms with Crippen molar-refractivity contribution in [1.82, 2.24) is 10.2 Å². The zero-order valence-corrected chi connectivity index (χ0v) is 12.4. The van der Waals surface area contributed by atoms with Crippen LogP contribution >= 0.6 is 15.9 Å². The van der Waals surface area contributed by atoms with Gasteiger partial charge in [-0.3, -0.25) is 4.79 Å². The molecule has 1 aliphatic rings. The van der Waals surface area contributed by atoms with Gasteiger partial charge in [-0.25, -0.2) is 0 Å². The molecule has 3 nitrogen and oxygen atoms in total. The zero-order valence-electron chi connectivity index (χ0n) is 10.8. The second kappa shape index (κ2) is 5.85. The number of piperazine rings is 1. The summed E-state index contributed by atoms with van der Waals surface area (Å²) in [5, 5.41) is 3.44. The number of amides is 1. The van der Waals surface area contributed by atoms with Gasteiger partial charge in [0.15, 0.2) is 0 Å². The predicted molar refractivity (Wildman–Crippen MR) is 76.5 cm³/mol. The molecular weight excluding hydrogens is 292 g/mol. The van der Waals surface area contributed by atoms with E-state index in [0.717, 1.165) is 23.1 Å². The van der Waals surface area contributed by atoms with Gasteiger partial charge in [0, 0.05) is 29.6 Å². The van der Waals surface area contributed by atoms with E-state index in [0.29, 0.717) is 18.5 Å². The largest absolute Gasteiger partial charge is 0.339 e. The highest BCUT2D eigenvalue weighted by atomic mass is 79.9. The van der Waals surface area contributed by atoms with Gasteiger partial charge < -0.3 is 10.2 Å². The molecule has 1 aromatic carbocycles. The summed E-state index contributed by atoms with van der Waals surface area (Å²) in [5.41, 5.74) is 1.06. The quantitative estimate of drug-likeness (QED) is 0.908. The van der Waals surface area contributed by atoms with Gasteiger partial charge in [0.05, 0.1) is 6.42 Å². The van der Waals surface area contributed by atoms with Crippen LogP contribution in [0.4, 0.5) is 0 Å². The number of benzene rings is 1. The van der Waals surface area contributed by atoms with Gasteiger partial charge in [-0.05, 0) is 31.5 Å². The van der Waals surface area contributed by atoms with E-state index in [9.17, 15) is 4.79 Å². The third-order valence-electron chi connectivity index (χ3n) is 3.15. The van der Waals surface area contributed by atoms with Crippen molar-refractivity contribution in [2.75, 3.05) is 13.1 Å². The number of rotatable bonds is 2. The molecule has 1 aromatic rings. The van der Waals surface area contributed by atoms with Gasteiger partial charge in [0.25, 0.3) is 0 Å². The molecule has 1 fully saturated rings. The average molecular weight is 311 g/mol. The minimum Gasteiger partial charge on any atom is -0.339 e.